The number of para-hydroxylation sites is 3. The highest BCUT2D eigenvalue weighted by Gasteiger charge is 2.08. The van der Waals surface area contributed by atoms with Crippen LogP contribution >= 0.6 is 12.2 Å². The topological polar surface area (TPSA) is 9.86 Å². The van der Waals surface area contributed by atoms with Gasteiger partial charge < -0.3 is 4.57 Å². The van der Waals surface area contributed by atoms with Crippen molar-refractivity contribution < 1.29 is 0 Å². The molecule has 0 N–H and O–H groups in total. The number of aryl methyl sites for hydroxylation is 1. The van der Waals surface area contributed by atoms with Crippen molar-refractivity contribution in [2.24, 2.45) is 7.05 Å². The molecule has 0 saturated carbocycles. The average Bonchev–Trinajstić information content (AvgIpc) is 2.64. The summed E-state index contributed by atoms with van der Waals surface area (Å²) in [6.07, 6.45) is 0. The van der Waals surface area contributed by atoms with E-state index in [4.69, 9.17) is 12.2 Å². The third-order valence-electron chi connectivity index (χ3n) is 2.98. The molecule has 2 aromatic carbocycles. The Kier molecular flexibility index (Phi) is 2.34. The Morgan fingerprint density at radius 2 is 1.41 bits per heavy atom. The lowest BCUT2D eigenvalue weighted by atomic mass is 10.3. The quantitative estimate of drug-likeness (QED) is 0.590. The van der Waals surface area contributed by atoms with E-state index < -0.39 is 0 Å². The van der Waals surface area contributed by atoms with E-state index in [0.29, 0.717) is 0 Å². The summed E-state index contributed by atoms with van der Waals surface area (Å²) < 4.78 is 4.96. The van der Waals surface area contributed by atoms with Gasteiger partial charge >= 0.3 is 0 Å². The molecule has 0 saturated heterocycles. The third-order valence-corrected chi connectivity index (χ3v) is 3.43. The van der Waals surface area contributed by atoms with Crippen molar-refractivity contribution in [1.29, 1.82) is 0 Å². The van der Waals surface area contributed by atoms with Crippen molar-refractivity contribution in [2.45, 2.75) is 0 Å². The lowest BCUT2D eigenvalue weighted by molar-refractivity contribution is 0.886. The molecule has 0 unspecified atom stereocenters. The summed E-state index contributed by atoms with van der Waals surface area (Å²) in [5, 5.41) is 0. The Hall–Kier alpha value is -1.87. The Labute approximate surface area is 105 Å². The van der Waals surface area contributed by atoms with Crippen LogP contribution in [0.4, 0.5) is 0 Å². The van der Waals surface area contributed by atoms with E-state index in [-0.39, 0.29) is 0 Å². The van der Waals surface area contributed by atoms with Crippen LogP contribution in [0.2, 0.25) is 0 Å². The van der Waals surface area contributed by atoms with Crippen molar-refractivity contribution in [3.63, 3.8) is 0 Å². The number of imidazole rings is 1. The minimum absolute atomic E-state index is 0.817. The molecule has 0 fully saturated rings. The third kappa shape index (κ3) is 1.51. The fourth-order valence-corrected chi connectivity index (χ4v) is 2.42. The van der Waals surface area contributed by atoms with Crippen LogP contribution in [0.5, 0.6) is 0 Å². The lowest BCUT2D eigenvalue weighted by Crippen LogP contribution is -1.95. The molecular formula is C14H12N2S. The van der Waals surface area contributed by atoms with Crippen LogP contribution in [0.3, 0.4) is 0 Å². The van der Waals surface area contributed by atoms with Crippen LogP contribution in [0.1, 0.15) is 0 Å². The number of hydrogen-bond acceptors (Lipinski definition) is 1. The van der Waals surface area contributed by atoms with E-state index in [1.165, 1.54) is 0 Å². The summed E-state index contributed by atoms with van der Waals surface area (Å²) >= 11 is 5.50. The van der Waals surface area contributed by atoms with Gasteiger partial charge in [0.05, 0.1) is 11.0 Å². The van der Waals surface area contributed by atoms with Crippen LogP contribution in [0.15, 0.2) is 54.6 Å². The van der Waals surface area contributed by atoms with E-state index in [9.17, 15) is 0 Å². The normalized spacial score (nSPS) is 10.9. The van der Waals surface area contributed by atoms with Gasteiger partial charge in [0.15, 0.2) is 4.77 Å². The highest BCUT2D eigenvalue weighted by Crippen LogP contribution is 2.21. The van der Waals surface area contributed by atoms with Crippen LogP contribution in [0, 0.1) is 4.77 Å². The van der Waals surface area contributed by atoms with Gasteiger partial charge in [-0.25, -0.2) is 0 Å². The van der Waals surface area contributed by atoms with E-state index in [0.717, 1.165) is 21.5 Å². The molecule has 0 aliphatic heterocycles. The van der Waals surface area contributed by atoms with Gasteiger partial charge in [0.25, 0.3) is 0 Å². The summed E-state index contributed by atoms with van der Waals surface area (Å²) in [5.41, 5.74) is 3.40. The van der Waals surface area contributed by atoms with Gasteiger partial charge in [-0.05, 0) is 36.5 Å². The number of rotatable bonds is 1. The number of nitrogens with zero attached hydrogens (tertiary/aromatic N) is 2. The molecule has 1 heterocycles. The Morgan fingerprint density at radius 1 is 0.824 bits per heavy atom. The second kappa shape index (κ2) is 3.86. The summed E-state index contributed by atoms with van der Waals surface area (Å²) in [4.78, 5) is 0. The van der Waals surface area contributed by atoms with Crippen molar-refractivity contribution in [1.82, 2.24) is 9.13 Å². The lowest BCUT2D eigenvalue weighted by Gasteiger charge is -2.03. The molecule has 1 aromatic heterocycles. The predicted octanol–water partition coefficient (Wildman–Crippen LogP) is 3.70. The molecule has 2 nitrogen and oxygen atoms in total. The van der Waals surface area contributed by atoms with Crippen LogP contribution in [0.25, 0.3) is 16.7 Å². The molecular weight excluding hydrogens is 228 g/mol. The smallest absolute Gasteiger partial charge is 0.185 e. The minimum atomic E-state index is 0.817. The fraction of sp³-hybridized carbons (Fsp3) is 0.0714. The number of aromatic nitrogens is 2. The van der Waals surface area contributed by atoms with Crippen LogP contribution < -0.4 is 0 Å². The van der Waals surface area contributed by atoms with Gasteiger partial charge in [0, 0.05) is 12.7 Å². The first-order chi connectivity index (χ1) is 8.29. The van der Waals surface area contributed by atoms with E-state index in [1.807, 2.05) is 41.9 Å². The van der Waals surface area contributed by atoms with Crippen molar-refractivity contribution in [2.75, 3.05) is 0 Å². The molecule has 0 aliphatic carbocycles. The molecule has 0 amide bonds. The molecule has 0 spiro atoms. The van der Waals surface area contributed by atoms with Gasteiger partial charge in [-0.3, -0.25) is 4.57 Å². The number of fused-ring (bicyclic) bond motifs is 1. The molecule has 0 radical (unpaired) electrons. The first kappa shape index (κ1) is 10.3. The average molecular weight is 240 g/mol. The molecule has 0 aliphatic rings. The number of hydrogen-bond donors (Lipinski definition) is 0. The van der Waals surface area contributed by atoms with Crippen LogP contribution in [-0.4, -0.2) is 9.13 Å². The highest BCUT2D eigenvalue weighted by atomic mass is 32.1. The van der Waals surface area contributed by atoms with E-state index >= 15 is 0 Å². The molecule has 3 aromatic rings. The maximum absolute atomic E-state index is 5.50. The highest BCUT2D eigenvalue weighted by molar-refractivity contribution is 7.71. The standard InChI is InChI=1S/C14H12N2S/c1-15-12-9-5-6-10-13(12)16(14(15)17)11-7-3-2-4-8-11/h2-10H,1H3. The SMILES string of the molecule is Cn1c(=S)n(-c2ccccc2)c2ccccc21. The zero-order valence-corrected chi connectivity index (χ0v) is 10.3. The second-order valence-corrected chi connectivity index (χ2v) is 4.37. The largest absolute Gasteiger partial charge is 0.319 e. The van der Waals surface area contributed by atoms with Crippen molar-refractivity contribution >= 4 is 23.3 Å². The van der Waals surface area contributed by atoms with E-state index in [2.05, 4.69) is 28.8 Å². The molecule has 84 valence electrons. The van der Waals surface area contributed by atoms with Crippen molar-refractivity contribution in [3.05, 3.63) is 59.4 Å². The molecule has 17 heavy (non-hydrogen) atoms. The minimum Gasteiger partial charge on any atom is -0.319 e. The summed E-state index contributed by atoms with van der Waals surface area (Å²) in [6.45, 7) is 0. The van der Waals surface area contributed by atoms with Gasteiger partial charge in [-0.2, -0.15) is 0 Å². The Morgan fingerprint density at radius 3 is 2.12 bits per heavy atom. The fourth-order valence-electron chi connectivity index (χ4n) is 2.12. The Balaban J connectivity index is 2.45. The summed E-state index contributed by atoms with van der Waals surface area (Å²) in [6, 6.07) is 18.5. The van der Waals surface area contributed by atoms with E-state index in [1.54, 1.807) is 0 Å². The maximum atomic E-state index is 5.50. The van der Waals surface area contributed by atoms with Gasteiger partial charge in [0.2, 0.25) is 0 Å². The zero-order chi connectivity index (χ0) is 11.8. The zero-order valence-electron chi connectivity index (χ0n) is 9.50. The second-order valence-electron chi connectivity index (χ2n) is 4.00. The summed E-state index contributed by atoms with van der Waals surface area (Å²) in [5.74, 6) is 0. The van der Waals surface area contributed by atoms with Gasteiger partial charge in [-0.15, -0.1) is 0 Å². The van der Waals surface area contributed by atoms with Gasteiger partial charge in [-0.1, -0.05) is 30.3 Å². The predicted molar refractivity (Wildman–Crippen MR) is 73.1 cm³/mol. The summed E-state index contributed by atoms with van der Waals surface area (Å²) in [7, 11) is 2.00. The maximum Gasteiger partial charge on any atom is 0.185 e. The molecule has 3 heteroatoms. The number of benzene rings is 2. The molecule has 0 bridgehead atoms. The monoisotopic (exact) mass is 240 g/mol. The van der Waals surface area contributed by atoms with Crippen molar-refractivity contribution in [3.8, 4) is 5.69 Å². The van der Waals surface area contributed by atoms with Crippen LogP contribution in [-0.2, 0) is 7.05 Å². The molecule has 0 atom stereocenters. The first-order valence-corrected chi connectivity index (χ1v) is 5.92. The Bertz CT molecular complexity index is 723. The van der Waals surface area contributed by atoms with Gasteiger partial charge in [0.1, 0.15) is 0 Å². The molecule has 3 rings (SSSR count). The first-order valence-electron chi connectivity index (χ1n) is 5.51.